The van der Waals surface area contributed by atoms with Crippen LogP contribution in [0.1, 0.15) is 0 Å². The van der Waals surface area contributed by atoms with Crippen LogP contribution in [0.15, 0.2) is 12.1 Å². The van der Waals surface area contributed by atoms with E-state index in [0.29, 0.717) is 0 Å². The molecule has 21 heavy (non-hydrogen) atoms. The van der Waals surface area contributed by atoms with E-state index in [4.69, 9.17) is 10.8 Å². The van der Waals surface area contributed by atoms with Crippen molar-refractivity contribution in [2.24, 2.45) is 0 Å². The van der Waals surface area contributed by atoms with Crippen LogP contribution in [-0.4, -0.2) is 41.4 Å². The number of carbonyl (C=O) groups is 2. The summed E-state index contributed by atoms with van der Waals surface area (Å²) < 4.78 is 36.3. The molecule has 0 fully saturated rings. The first kappa shape index (κ1) is 16.3. The molecule has 1 rings (SSSR count). The highest BCUT2D eigenvalue weighted by Gasteiger charge is 2.38. The zero-order chi connectivity index (χ0) is 16.0. The molecule has 1 heterocycles. The lowest BCUT2D eigenvalue weighted by molar-refractivity contribution is -0.167. The molecular formula is C10H12F3N5O3. The van der Waals surface area contributed by atoms with Gasteiger partial charge in [-0.15, -0.1) is 0 Å². The number of nitrogens with one attached hydrogen (secondary N) is 3. The summed E-state index contributed by atoms with van der Waals surface area (Å²) in [7, 11) is 0. The van der Waals surface area contributed by atoms with Crippen molar-refractivity contribution in [1.82, 2.24) is 10.3 Å². The van der Waals surface area contributed by atoms with Crippen LogP contribution in [0.5, 0.6) is 0 Å². The zero-order valence-electron chi connectivity index (χ0n) is 10.5. The van der Waals surface area contributed by atoms with Gasteiger partial charge in [-0.25, -0.2) is 9.78 Å². The third kappa shape index (κ3) is 5.42. The number of amides is 2. The Morgan fingerprint density at radius 3 is 2.52 bits per heavy atom. The fourth-order valence-corrected chi connectivity index (χ4v) is 1.22. The van der Waals surface area contributed by atoms with Gasteiger partial charge in [0.05, 0.1) is 5.69 Å². The number of aromatic nitrogens is 1. The van der Waals surface area contributed by atoms with Crippen LogP contribution in [0.3, 0.4) is 0 Å². The van der Waals surface area contributed by atoms with Crippen LogP contribution in [0.2, 0.25) is 0 Å². The summed E-state index contributed by atoms with van der Waals surface area (Å²) in [6, 6.07) is 2.37. The Balaban J connectivity index is 2.67. The van der Waals surface area contributed by atoms with Gasteiger partial charge >= 0.3 is 18.2 Å². The second-order valence-electron chi connectivity index (χ2n) is 3.74. The molecule has 1 aromatic heterocycles. The maximum absolute atomic E-state index is 12.1. The first-order valence-electron chi connectivity index (χ1n) is 5.55. The lowest BCUT2D eigenvalue weighted by Gasteiger charge is -2.11. The van der Waals surface area contributed by atoms with Gasteiger partial charge in [0.1, 0.15) is 5.82 Å². The van der Waals surface area contributed by atoms with Crippen LogP contribution >= 0.6 is 0 Å². The normalized spacial score (nSPS) is 10.8. The Morgan fingerprint density at radius 1 is 1.29 bits per heavy atom. The van der Waals surface area contributed by atoms with Crippen LogP contribution in [0.25, 0.3) is 0 Å². The third-order valence-electron chi connectivity index (χ3n) is 2.12. The number of nitrogens with two attached hydrogens (primary N) is 1. The molecule has 0 saturated heterocycles. The Labute approximate surface area is 116 Å². The minimum atomic E-state index is -5.03. The Hall–Kier alpha value is -2.72. The molecule has 0 radical (unpaired) electrons. The van der Waals surface area contributed by atoms with Crippen LogP contribution in [0, 0.1) is 0 Å². The first-order valence-corrected chi connectivity index (χ1v) is 5.55. The van der Waals surface area contributed by atoms with Crippen molar-refractivity contribution in [3.8, 4) is 0 Å². The average molecular weight is 307 g/mol. The van der Waals surface area contributed by atoms with E-state index < -0.39 is 18.2 Å². The fraction of sp³-hybridized carbons (Fsp3) is 0.300. The van der Waals surface area contributed by atoms with Crippen molar-refractivity contribution in [3.63, 3.8) is 0 Å². The molecule has 6 N–H and O–H groups in total. The summed E-state index contributed by atoms with van der Waals surface area (Å²) in [6.07, 6.45) is -6.24. The molecule has 0 aliphatic rings. The largest absolute Gasteiger partial charge is 0.471 e. The smallest absolute Gasteiger partial charge is 0.465 e. The topological polar surface area (TPSA) is 129 Å². The van der Waals surface area contributed by atoms with E-state index in [1.165, 1.54) is 6.07 Å². The highest BCUT2D eigenvalue weighted by molar-refractivity contribution is 5.94. The summed E-state index contributed by atoms with van der Waals surface area (Å²) in [4.78, 5) is 24.7. The molecule has 0 aromatic carbocycles. The number of carbonyl (C=O) groups excluding carboxylic acids is 1. The molecule has 0 bridgehead atoms. The second kappa shape index (κ2) is 6.63. The van der Waals surface area contributed by atoms with Gasteiger partial charge in [-0.3, -0.25) is 4.79 Å². The van der Waals surface area contributed by atoms with Crippen molar-refractivity contribution in [2.45, 2.75) is 6.18 Å². The number of alkyl halides is 3. The number of nitrogen functional groups attached to an aromatic ring is 1. The van der Waals surface area contributed by atoms with Gasteiger partial charge < -0.3 is 26.8 Å². The number of rotatable bonds is 5. The van der Waals surface area contributed by atoms with Crippen molar-refractivity contribution in [1.29, 1.82) is 0 Å². The van der Waals surface area contributed by atoms with E-state index in [9.17, 15) is 22.8 Å². The number of hydrogen-bond donors (Lipinski definition) is 5. The minimum Gasteiger partial charge on any atom is -0.465 e. The van der Waals surface area contributed by atoms with E-state index in [-0.39, 0.29) is 30.4 Å². The van der Waals surface area contributed by atoms with E-state index in [2.05, 4.69) is 15.6 Å². The lowest BCUT2D eigenvalue weighted by Crippen LogP contribution is -2.30. The monoisotopic (exact) mass is 307 g/mol. The molecule has 116 valence electrons. The molecular weight excluding hydrogens is 295 g/mol. The van der Waals surface area contributed by atoms with Crippen molar-refractivity contribution in [3.05, 3.63) is 12.1 Å². The van der Waals surface area contributed by atoms with Crippen molar-refractivity contribution in [2.75, 3.05) is 29.5 Å². The number of halogens is 3. The summed E-state index contributed by atoms with van der Waals surface area (Å²) in [5.41, 5.74) is 5.69. The van der Waals surface area contributed by atoms with Crippen molar-refractivity contribution < 1.29 is 27.9 Å². The van der Waals surface area contributed by atoms with Crippen LogP contribution < -0.4 is 21.7 Å². The van der Waals surface area contributed by atoms with Gasteiger partial charge in [0.2, 0.25) is 0 Å². The highest BCUT2D eigenvalue weighted by Crippen LogP contribution is 2.21. The SMILES string of the molecule is Nc1ccc(NC(=O)C(F)(F)F)nc1NCCNC(=O)O. The molecule has 0 spiro atoms. The molecule has 8 nitrogen and oxygen atoms in total. The van der Waals surface area contributed by atoms with Crippen LogP contribution in [0.4, 0.5) is 35.3 Å². The number of carboxylic acid groups (broad SMARTS) is 1. The summed E-state index contributed by atoms with van der Waals surface area (Å²) in [5, 5.41) is 14.6. The van der Waals surface area contributed by atoms with E-state index in [1.54, 1.807) is 5.32 Å². The number of pyridine rings is 1. The maximum Gasteiger partial charge on any atom is 0.471 e. The molecule has 0 aliphatic heterocycles. The van der Waals surface area contributed by atoms with Gasteiger partial charge in [-0.1, -0.05) is 0 Å². The Kier molecular flexibility index (Phi) is 5.16. The average Bonchev–Trinajstić information content (AvgIpc) is 2.36. The van der Waals surface area contributed by atoms with Gasteiger partial charge in [-0.05, 0) is 12.1 Å². The lowest BCUT2D eigenvalue weighted by atomic mass is 10.3. The molecule has 0 aliphatic carbocycles. The third-order valence-corrected chi connectivity index (χ3v) is 2.12. The standard InChI is InChI=1S/C10H12F3N5O3/c11-10(12,13)8(19)18-6-2-1-5(14)7(17-6)15-3-4-16-9(20)21/h1-2,16H,3-4,14H2,(H,20,21)(H2,15,17,18,19). The summed E-state index contributed by atoms with van der Waals surface area (Å²) >= 11 is 0. The first-order chi connectivity index (χ1) is 9.70. The van der Waals surface area contributed by atoms with Gasteiger partial charge in [0.15, 0.2) is 5.82 Å². The molecule has 0 unspecified atom stereocenters. The molecule has 11 heteroatoms. The molecule has 2 amide bonds. The predicted molar refractivity (Wildman–Crippen MR) is 67.9 cm³/mol. The summed E-state index contributed by atoms with van der Waals surface area (Å²) in [6.45, 7) is 0.149. The summed E-state index contributed by atoms with van der Waals surface area (Å²) in [5.74, 6) is -2.46. The molecule has 1 aromatic rings. The Morgan fingerprint density at radius 2 is 1.95 bits per heavy atom. The predicted octanol–water partition coefficient (Wildman–Crippen LogP) is 0.844. The minimum absolute atomic E-state index is 0.0298. The Bertz CT molecular complexity index is 535. The van der Waals surface area contributed by atoms with Gasteiger partial charge in [-0.2, -0.15) is 13.2 Å². The van der Waals surface area contributed by atoms with Gasteiger partial charge in [0, 0.05) is 13.1 Å². The van der Waals surface area contributed by atoms with Gasteiger partial charge in [0.25, 0.3) is 0 Å². The van der Waals surface area contributed by atoms with E-state index in [0.717, 1.165) is 6.07 Å². The maximum atomic E-state index is 12.1. The van der Waals surface area contributed by atoms with Crippen LogP contribution in [-0.2, 0) is 4.79 Å². The number of nitrogens with zero attached hydrogens (tertiary/aromatic N) is 1. The van der Waals surface area contributed by atoms with E-state index >= 15 is 0 Å². The number of anilines is 3. The highest BCUT2D eigenvalue weighted by atomic mass is 19.4. The van der Waals surface area contributed by atoms with Crippen molar-refractivity contribution >= 4 is 29.3 Å². The fourth-order valence-electron chi connectivity index (χ4n) is 1.22. The second-order valence-corrected chi connectivity index (χ2v) is 3.74. The number of hydrogen-bond acceptors (Lipinski definition) is 5. The molecule has 0 atom stereocenters. The quantitative estimate of drug-likeness (QED) is 0.513. The zero-order valence-corrected chi connectivity index (χ0v) is 10.5. The molecule has 0 saturated carbocycles. The van der Waals surface area contributed by atoms with E-state index in [1.807, 2.05) is 0 Å².